The van der Waals surface area contributed by atoms with Gasteiger partial charge in [0.1, 0.15) is 5.69 Å². The fourth-order valence-electron chi connectivity index (χ4n) is 1.66. The van der Waals surface area contributed by atoms with Crippen LogP contribution in [0.5, 0.6) is 0 Å². The van der Waals surface area contributed by atoms with Crippen molar-refractivity contribution in [2.24, 2.45) is 5.41 Å². The Balaban J connectivity index is 2.12. The molecule has 1 aliphatic rings. The van der Waals surface area contributed by atoms with Gasteiger partial charge in [0.15, 0.2) is 0 Å². The van der Waals surface area contributed by atoms with Gasteiger partial charge in [-0.25, -0.2) is 0 Å². The van der Waals surface area contributed by atoms with E-state index in [0.717, 1.165) is 16.4 Å². The van der Waals surface area contributed by atoms with Crippen molar-refractivity contribution in [1.82, 2.24) is 0 Å². The fourth-order valence-corrected chi connectivity index (χ4v) is 2.13. The summed E-state index contributed by atoms with van der Waals surface area (Å²) in [6.45, 7) is 0.725. The Bertz CT molecular complexity index is 446. The summed E-state index contributed by atoms with van der Waals surface area (Å²) in [7, 11) is 0. The molecule has 5 nitrogen and oxygen atoms in total. The SMILES string of the molecule is O=[N+]([O-])c1cc(I)ccc1NCC1(CO)CC1. The summed E-state index contributed by atoms with van der Waals surface area (Å²) in [6, 6.07) is 5.09. The second-order valence-corrected chi connectivity index (χ2v) is 5.68. The van der Waals surface area contributed by atoms with E-state index in [1.54, 1.807) is 12.1 Å². The van der Waals surface area contributed by atoms with Gasteiger partial charge in [0.2, 0.25) is 0 Å². The van der Waals surface area contributed by atoms with E-state index in [9.17, 15) is 15.2 Å². The van der Waals surface area contributed by atoms with E-state index >= 15 is 0 Å². The van der Waals surface area contributed by atoms with Crippen molar-refractivity contribution in [3.8, 4) is 0 Å². The maximum Gasteiger partial charge on any atom is 0.293 e. The predicted octanol–water partition coefficient (Wildman–Crippen LogP) is 2.38. The number of hydrogen-bond acceptors (Lipinski definition) is 4. The van der Waals surface area contributed by atoms with E-state index in [2.05, 4.69) is 5.32 Å². The summed E-state index contributed by atoms with van der Waals surface area (Å²) in [6.07, 6.45) is 1.96. The molecule has 1 aromatic rings. The van der Waals surface area contributed by atoms with Crippen LogP contribution in [-0.2, 0) is 0 Å². The summed E-state index contributed by atoms with van der Waals surface area (Å²) in [5.41, 5.74) is 0.553. The minimum atomic E-state index is -0.386. The molecule has 2 rings (SSSR count). The largest absolute Gasteiger partial charge is 0.396 e. The molecule has 1 saturated carbocycles. The highest BCUT2D eigenvalue weighted by atomic mass is 127. The smallest absolute Gasteiger partial charge is 0.293 e. The van der Waals surface area contributed by atoms with Gasteiger partial charge in [-0.2, -0.15) is 0 Å². The highest BCUT2D eigenvalue weighted by molar-refractivity contribution is 14.1. The number of hydrogen-bond donors (Lipinski definition) is 2. The zero-order valence-electron chi connectivity index (χ0n) is 9.15. The highest BCUT2D eigenvalue weighted by Gasteiger charge is 2.41. The number of nitrogens with one attached hydrogen (secondary N) is 1. The number of rotatable bonds is 5. The van der Waals surface area contributed by atoms with Crippen LogP contribution in [0, 0.1) is 19.1 Å². The van der Waals surface area contributed by atoms with Crippen LogP contribution in [0.25, 0.3) is 0 Å². The molecule has 1 aromatic carbocycles. The van der Waals surface area contributed by atoms with Crippen LogP contribution in [0.2, 0.25) is 0 Å². The average Bonchev–Trinajstić information content (AvgIpc) is 3.08. The van der Waals surface area contributed by atoms with Crippen molar-refractivity contribution >= 4 is 34.0 Å². The first-order chi connectivity index (χ1) is 8.06. The number of benzene rings is 1. The number of nitro groups is 1. The monoisotopic (exact) mass is 348 g/mol. The Labute approximate surface area is 113 Å². The second kappa shape index (κ2) is 4.77. The average molecular weight is 348 g/mol. The van der Waals surface area contributed by atoms with Gasteiger partial charge in [-0.3, -0.25) is 10.1 Å². The number of nitrogens with zero attached hydrogens (tertiary/aromatic N) is 1. The first-order valence-electron chi connectivity index (χ1n) is 5.35. The summed E-state index contributed by atoms with van der Waals surface area (Å²) >= 11 is 2.05. The molecule has 0 spiro atoms. The van der Waals surface area contributed by atoms with E-state index in [1.165, 1.54) is 0 Å². The lowest BCUT2D eigenvalue weighted by atomic mass is 10.1. The number of aliphatic hydroxyl groups is 1. The molecule has 0 aliphatic heterocycles. The van der Waals surface area contributed by atoms with Crippen molar-refractivity contribution in [2.45, 2.75) is 12.8 Å². The molecule has 0 heterocycles. The van der Waals surface area contributed by atoms with Crippen molar-refractivity contribution < 1.29 is 10.0 Å². The molecule has 0 unspecified atom stereocenters. The Morgan fingerprint density at radius 1 is 1.53 bits per heavy atom. The van der Waals surface area contributed by atoms with E-state index in [4.69, 9.17) is 0 Å². The summed E-state index contributed by atoms with van der Waals surface area (Å²) < 4.78 is 0.836. The Morgan fingerprint density at radius 3 is 2.76 bits per heavy atom. The Morgan fingerprint density at radius 2 is 2.24 bits per heavy atom. The molecule has 0 atom stereocenters. The van der Waals surface area contributed by atoms with Crippen LogP contribution >= 0.6 is 22.6 Å². The molecule has 6 heteroatoms. The molecule has 0 saturated heterocycles. The third-order valence-electron chi connectivity index (χ3n) is 3.10. The van der Waals surface area contributed by atoms with Gasteiger partial charge in [0.05, 0.1) is 11.5 Å². The maximum absolute atomic E-state index is 10.9. The Kier molecular flexibility index (Phi) is 3.53. The van der Waals surface area contributed by atoms with E-state index in [1.807, 2.05) is 28.7 Å². The lowest BCUT2D eigenvalue weighted by molar-refractivity contribution is -0.384. The molecular weight excluding hydrogens is 335 g/mol. The molecule has 0 radical (unpaired) electrons. The standard InChI is InChI=1S/C11H13IN2O3/c12-8-1-2-9(10(5-8)14(16)17)13-6-11(7-15)3-4-11/h1-2,5,13,15H,3-4,6-7H2. The van der Waals surface area contributed by atoms with Crippen LogP contribution in [0.4, 0.5) is 11.4 Å². The number of nitro benzene ring substituents is 1. The third kappa shape index (κ3) is 2.86. The Hall–Kier alpha value is -0.890. The van der Waals surface area contributed by atoms with Gasteiger partial charge in [0, 0.05) is 21.6 Å². The summed E-state index contributed by atoms with van der Waals surface area (Å²) in [5.74, 6) is 0. The molecule has 0 aromatic heterocycles. The molecule has 1 fully saturated rings. The van der Waals surface area contributed by atoms with E-state index in [-0.39, 0.29) is 22.6 Å². The van der Waals surface area contributed by atoms with Gasteiger partial charge in [-0.1, -0.05) is 0 Å². The number of aliphatic hydroxyl groups excluding tert-OH is 1. The van der Waals surface area contributed by atoms with Crippen molar-refractivity contribution in [3.63, 3.8) is 0 Å². The van der Waals surface area contributed by atoms with Crippen LogP contribution in [0.1, 0.15) is 12.8 Å². The fraction of sp³-hybridized carbons (Fsp3) is 0.455. The van der Waals surface area contributed by atoms with Gasteiger partial charge in [-0.05, 0) is 47.6 Å². The van der Waals surface area contributed by atoms with Crippen LogP contribution in [-0.4, -0.2) is 23.2 Å². The molecule has 92 valence electrons. The van der Waals surface area contributed by atoms with Gasteiger partial charge in [-0.15, -0.1) is 0 Å². The lowest BCUT2D eigenvalue weighted by Crippen LogP contribution is -2.19. The first-order valence-corrected chi connectivity index (χ1v) is 6.43. The van der Waals surface area contributed by atoms with Gasteiger partial charge >= 0.3 is 0 Å². The minimum absolute atomic E-state index is 0.0587. The first kappa shape index (κ1) is 12.6. The second-order valence-electron chi connectivity index (χ2n) is 4.43. The quantitative estimate of drug-likeness (QED) is 0.487. The van der Waals surface area contributed by atoms with Crippen molar-refractivity contribution in [3.05, 3.63) is 31.9 Å². The topological polar surface area (TPSA) is 75.4 Å². The molecule has 1 aliphatic carbocycles. The lowest BCUT2D eigenvalue weighted by Gasteiger charge is -2.13. The molecule has 2 N–H and O–H groups in total. The molecule has 17 heavy (non-hydrogen) atoms. The number of anilines is 1. The molecular formula is C11H13IN2O3. The summed E-state index contributed by atoms with van der Waals surface area (Å²) in [5, 5.41) is 23.1. The minimum Gasteiger partial charge on any atom is -0.396 e. The molecule has 0 amide bonds. The van der Waals surface area contributed by atoms with Crippen LogP contribution in [0.15, 0.2) is 18.2 Å². The van der Waals surface area contributed by atoms with E-state index < -0.39 is 0 Å². The number of halogens is 1. The van der Waals surface area contributed by atoms with Gasteiger partial charge < -0.3 is 10.4 Å². The summed E-state index contributed by atoms with van der Waals surface area (Å²) in [4.78, 5) is 10.5. The zero-order valence-corrected chi connectivity index (χ0v) is 11.3. The third-order valence-corrected chi connectivity index (χ3v) is 3.77. The van der Waals surface area contributed by atoms with Crippen LogP contribution in [0.3, 0.4) is 0 Å². The zero-order chi connectivity index (χ0) is 12.5. The van der Waals surface area contributed by atoms with Crippen molar-refractivity contribution in [2.75, 3.05) is 18.5 Å². The highest BCUT2D eigenvalue weighted by Crippen LogP contribution is 2.45. The van der Waals surface area contributed by atoms with Crippen LogP contribution < -0.4 is 5.32 Å². The molecule has 0 bridgehead atoms. The maximum atomic E-state index is 10.9. The van der Waals surface area contributed by atoms with Crippen molar-refractivity contribution in [1.29, 1.82) is 0 Å². The normalized spacial score (nSPS) is 16.6. The van der Waals surface area contributed by atoms with Gasteiger partial charge in [0.25, 0.3) is 5.69 Å². The van der Waals surface area contributed by atoms with E-state index in [0.29, 0.717) is 12.2 Å². The predicted molar refractivity (Wildman–Crippen MR) is 73.1 cm³/mol.